The Balaban J connectivity index is 1.39. The van der Waals surface area contributed by atoms with E-state index < -0.39 is 4.92 Å². The minimum absolute atomic E-state index is 0.0508. The van der Waals surface area contributed by atoms with Crippen molar-refractivity contribution < 1.29 is 9.72 Å². The number of carbonyl (C=O) groups is 1. The quantitative estimate of drug-likeness (QED) is 0.307. The molecular formula is C22H22N4O3S2. The highest BCUT2D eigenvalue weighted by atomic mass is 32.2. The molecule has 1 aliphatic heterocycles. The molecule has 0 N–H and O–H groups in total. The van der Waals surface area contributed by atoms with E-state index in [4.69, 9.17) is 0 Å². The summed E-state index contributed by atoms with van der Waals surface area (Å²) in [5.74, 6) is 0.757. The molecule has 160 valence electrons. The lowest BCUT2D eigenvalue weighted by Gasteiger charge is -2.36. The van der Waals surface area contributed by atoms with Crippen LogP contribution in [-0.2, 0) is 5.75 Å². The molecule has 2 aromatic carbocycles. The van der Waals surface area contributed by atoms with Gasteiger partial charge in [-0.2, -0.15) is 0 Å². The standard InChI is InChI=1S/C22H22N4O3S2/c1-16-14-30-22(23-16)31-15-17-4-2-3-5-20(17)21(27)25-12-10-24(11-13-25)18-6-8-19(9-7-18)26(28)29/h2-9,14H,10-13,15H2,1H3. The zero-order valence-corrected chi connectivity index (χ0v) is 18.7. The van der Waals surface area contributed by atoms with Gasteiger partial charge in [0, 0.05) is 66.4 Å². The van der Waals surface area contributed by atoms with Crippen molar-refractivity contribution in [3.63, 3.8) is 0 Å². The van der Waals surface area contributed by atoms with Crippen LogP contribution < -0.4 is 4.90 Å². The number of aryl methyl sites for hydroxylation is 1. The smallest absolute Gasteiger partial charge is 0.269 e. The maximum absolute atomic E-state index is 13.2. The lowest BCUT2D eigenvalue weighted by atomic mass is 10.1. The molecule has 0 aliphatic carbocycles. The van der Waals surface area contributed by atoms with E-state index in [1.54, 1.807) is 35.2 Å². The fourth-order valence-electron chi connectivity index (χ4n) is 3.52. The average molecular weight is 455 g/mol. The summed E-state index contributed by atoms with van der Waals surface area (Å²) in [7, 11) is 0. The number of thiazole rings is 1. The zero-order chi connectivity index (χ0) is 21.8. The van der Waals surface area contributed by atoms with Crippen LogP contribution in [0.25, 0.3) is 0 Å². The lowest BCUT2D eigenvalue weighted by Crippen LogP contribution is -2.49. The van der Waals surface area contributed by atoms with Gasteiger partial charge in [0.2, 0.25) is 0 Å². The maximum Gasteiger partial charge on any atom is 0.269 e. The Kier molecular flexibility index (Phi) is 6.53. The Hall–Kier alpha value is -2.91. The van der Waals surface area contributed by atoms with Crippen molar-refractivity contribution in [2.75, 3.05) is 31.1 Å². The monoisotopic (exact) mass is 454 g/mol. The van der Waals surface area contributed by atoms with Crippen molar-refractivity contribution >= 4 is 40.4 Å². The van der Waals surface area contributed by atoms with Crippen LogP contribution in [0.2, 0.25) is 0 Å². The van der Waals surface area contributed by atoms with Crippen molar-refractivity contribution in [2.45, 2.75) is 17.0 Å². The van der Waals surface area contributed by atoms with E-state index in [0.717, 1.165) is 26.8 Å². The Bertz CT molecular complexity index is 1080. The number of non-ortho nitro benzene ring substituents is 1. The number of anilines is 1. The van der Waals surface area contributed by atoms with Crippen LogP contribution in [-0.4, -0.2) is 46.9 Å². The van der Waals surface area contributed by atoms with E-state index in [-0.39, 0.29) is 11.6 Å². The topological polar surface area (TPSA) is 79.6 Å². The van der Waals surface area contributed by atoms with Crippen molar-refractivity contribution in [1.82, 2.24) is 9.88 Å². The molecule has 1 amide bonds. The Labute approximate surface area is 188 Å². The molecule has 1 aromatic heterocycles. The normalized spacial score (nSPS) is 14.0. The third-order valence-corrected chi connectivity index (χ3v) is 7.38. The Morgan fingerprint density at radius 2 is 1.84 bits per heavy atom. The number of nitrogens with zero attached hydrogens (tertiary/aromatic N) is 4. The summed E-state index contributed by atoms with van der Waals surface area (Å²) in [6.07, 6.45) is 0. The number of benzene rings is 2. The van der Waals surface area contributed by atoms with Gasteiger partial charge in [-0.15, -0.1) is 11.3 Å². The van der Waals surface area contributed by atoms with Gasteiger partial charge in [-0.25, -0.2) is 4.98 Å². The summed E-state index contributed by atoms with van der Waals surface area (Å²) >= 11 is 3.28. The molecule has 3 aromatic rings. The summed E-state index contributed by atoms with van der Waals surface area (Å²) in [5, 5.41) is 12.9. The molecule has 0 spiro atoms. The molecule has 9 heteroatoms. The highest BCUT2D eigenvalue weighted by Gasteiger charge is 2.24. The number of thioether (sulfide) groups is 1. The zero-order valence-electron chi connectivity index (χ0n) is 17.1. The molecule has 1 saturated heterocycles. The second kappa shape index (κ2) is 9.49. The Morgan fingerprint density at radius 3 is 2.48 bits per heavy atom. The molecule has 2 heterocycles. The van der Waals surface area contributed by atoms with Gasteiger partial charge in [0.05, 0.1) is 4.92 Å². The minimum Gasteiger partial charge on any atom is -0.368 e. The number of aromatic nitrogens is 1. The molecule has 4 rings (SSSR count). The highest BCUT2D eigenvalue weighted by Crippen LogP contribution is 2.28. The second-order valence-electron chi connectivity index (χ2n) is 7.25. The fraction of sp³-hybridized carbons (Fsp3) is 0.273. The molecule has 1 fully saturated rings. The summed E-state index contributed by atoms with van der Waals surface area (Å²) in [6.45, 7) is 4.60. The van der Waals surface area contributed by atoms with Crippen LogP contribution in [0.5, 0.6) is 0 Å². The van der Waals surface area contributed by atoms with Crippen LogP contribution >= 0.6 is 23.1 Å². The number of hydrogen-bond donors (Lipinski definition) is 0. The van der Waals surface area contributed by atoms with Crippen LogP contribution in [0.1, 0.15) is 21.6 Å². The van der Waals surface area contributed by atoms with Crippen molar-refractivity contribution in [2.24, 2.45) is 0 Å². The van der Waals surface area contributed by atoms with Gasteiger partial charge >= 0.3 is 0 Å². The lowest BCUT2D eigenvalue weighted by molar-refractivity contribution is -0.384. The number of amides is 1. The first-order valence-electron chi connectivity index (χ1n) is 9.93. The van der Waals surface area contributed by atoms with Crippen LogP contribution in [0.4, 0.5) is 11.4 Å². The predicted octanol–water partition coefficient (Wildman–Crippen LogP) is 4.61. The van der Waals surface area contributed by atoms with Gasteiger partial charge < -0.3 is 9.80 Å². The first-order valence-corrected chi connectivity index (χ1v) is 11.8. The van der Waals surface area contributed by atoms with Gasteiger partial charge in [0.25, 0.3) is 11.6 Å². The second-order valence-corrected chi connectivity index (χ2v) is 9.33. The fourth-order valence-corrected chi connectivity index (χ4v) is 5.37. The van der Waals surface area contributed by atoms with Gasteiger partial charge in [-0.3, -0.25) is 14.9 Å². The van der Waals surface area contributed by atoms with Gasteiger partial charge in [0.1, 0.15) is 4.34 Å². The molecular weight excluding hydrogens is 432 g/mol. The summed E-state index contributed by atoms with van der Waals surface area (Å²) < 4.78 is 1.01. The summed E-state index contributed by atoms with van der Waals surface area (Å²) in [4.78, 5) is 32.2. The number of rotatable bonds is 6. The molecule has 0 saturated carbocycles. The largest absolute Gasteiger partial charge is 0.368 e. The molecule has 7 nitrogen and oxygen atoms in total. The first kappa shape index (κ1) is 21.3. The van der Waals surface area contributed by atoms with Crippen molar-refractivity contribution in [3.05, 3.63) is 80.8 Å². The molecule has 0 bridgehead atoms. The van der Waals surface area contributed by atoms with Gasteiger partial charge in [-0.1, -0.05) is 30.0 Å². The molecule has 31 heavy (non-hydrogen) atoms. The van der Waals surface area contributed by atoms with E-state index in [1.807, 2.05) is 41.5 Å². The molecule has 0 atom stereocenters. The third kappa shape index (κ3) is 5.05. The van der Waals surface area contributed by atoms with E-state index in [2.05, 4.69) is 9.88 Å². The third-order valence-electron chi connectivity index (χ3n) is 5.19. The van der Waals surface area contributed by atoms with E-state index in [0.29, 0.717) is 31.9 Å². The number of nitro groups is 1. The summed E-state index contributed by atoms with van der Waals surface area (Å²) in [5.41, 5.74) is 3.80. The molecule has 0 radical (unpaired) electrons. The molecule has 0 unspecified atom stereocenters. The molecule has 1 aliphatic rings. The predicted molar refractivity (Wildman–Crippen MR) is 124 cm³/mol. The number of carbonyl (C=O) groups excluding carboxylic acids is 1. The number of hydrogen-bond acceptors (Lipinski definition) is 7. The SMILES string of the molecule is Cc1csc(SCc2ccccc2C(=O)N2CCN(c3ccc([N+](=O)[O-])cc3)CC2)n1. The Morgan fingerprint density at radius 1 is 1.13 bits per heavy atom. The minimum atomic E-state index is -0.397. The average Bonchev–Trinajstić information content (AvgIpc) is 3.22. The van der Waals surface area contributed by atoms with Crippen molar-refractivity contribution in [3.8, 4) is 0 Å². The van der Waals surface area contributed by atoms with Crippen LogP contribution in [0.3, 0.4) is 0 Å². The highest BCUT2D eigenvalue weighted by molar-refractivity contribution is 8.00. The van der Waals surface area contributed by atoms with Gasteiger partial charge in [-0.05, 0) is 30.7 Å². The van der Waals surface area contributed by atoms with E-state index in [1.165, 1.54) is 12.1 Å². The van der Waals surface area contributed by atoms with E-state index in [9.17, 15) is 14.9 Å². The number of piperazine rings is 1. The van der Waals surface area contributed by atoms with Crippen LogP contribution in [0, 0.1) is 17.0 Å². The van der Waals surface area contributed by atoms with E-state index >= 15 is 0 Å². The first-order chi connectivity index (χ1) is 15.0. The van der Waals surface area contributed by atoms with Crippen LogP contribution in [0.15, 0.2) is 58.3 Å². The van der Waals surface area contributed by atoms with Crippen molar-refractivity contribution in [1.29, 1.82) is 0 Å². The summed E-state index contributed by atoms with van der Waals surface area (Å²) in [6, 6.07) is 14.3. The van der Waals surface area contributed by atoms with Gasteiger partial charge in [0.15, 0.2) is 0 Å². The maximum atomic E-state index is 13.2. The number of nitro benzene ring substituents is 1.